The van der Waals surface area contributed by atoms with E-state index < -0.39 is 6.10 Å². The Hall–Kier alpha value is -0.830. The quantitative estimate of drug-likeness (QED) is 0.715. The van der Waals surface area contributed by atoms with Crippen LogP contribution in [0.15, 0.2) is 12.2 Å². The molecule has 2 N–H and O–H groups in total. The van der Waals surface area contributed by atoms with Gasteiger partial charge in [0, 0.05) is 12.5 Å². The Morgan fingerprint density at radius 1 is 1.41 bits per heavy atom. The maximum Gasteiger partial charge on any atom is 0.223 e. The smallest absolute Gasteiger partial charge is 0.223 e. The maximum absolute atomic E-state index is 12.0. The van der Waals surface area contributed by atoms with Gasteiger partial charge < -0.3 is 10.4 Å². The van der Waals surface area contributed by atoms with E-state index in [9.17, 15) is 9.90 Å². The molecule has 4 atom stereocenters. The van der Waals surface area contributed by atoms with Crippen LogP contribution in [0.3, 0.4) is 0 Å². The highest BCUT2D eigenvalue weighted by Crippen LogP contribution is 2.43. The summed E-state index contributed by atoms with van der Waals surface area (Å²) in [7, 11) is 0. The van der Waals surface area contributed by atoms with E-state index in [1.807, 2.05) is 0 Å². The molecule has 1 saturated carbocycles. The molecule has 2 aliphatic carbocycles. The van der Waals surface area contributed by atoms with Gasteiger partial charge in [0.05, 0.1) is 6.10 Å². The summed E-state index contributed by atoms with van der Waals surface area (Å²) in [5, 5.41) is 12.6. The molecule has 2 rings (SSSR count). The number of amides is 1. The fraction of sp³-hybridized carbons (Fsp3) is 0.786. The molecule has 0 saturated heterocycles. The molecule has 0 spiro atoms. The number of allylic oxidation sites excluding steroid dienone is 2. The first-order chi connectivity index (χ1) is 8.06. The molecule has 17 heavy (non-hydrogen) atoms. The third-order valence-corrected chi connectivity index (χ3v) is 3.87. The zero-order valence-electron chi connectivity index (χ0n) is 10.7. The standard InChI is InChI=1S/C14H23NO2/c1-9(2)5-12(16)8-15-14(17)13-7-10-3-4-11(13)6-10/h3-4,9-13,16H,5-8H2,1-2H3,(H,15,17). The Morgan fingerprint density at radius 2 is 2.18 bits per heavy atom. The summed E-state index contributed by atoms with van der Waals surface area (Å²) in [5.74, 6) is 1.81. The summed E-state index contributed by atoms with van der Waals surface area (Å²) >= 11 is 0. The number of carbonyl (C=O) groups excluding carboxylic acids is 1. The van der Waals surface area contributed by atoms with E-state index in [-0.39, 0.29) is 11.8 Å². The minimum atomic E-state index is -0.409. The molecule has 0 radical (unpaired) electrons. The average Bonchev–Trinajstić information content (AvgIpc) is 2.86. The zero-order valence-corrected chi connectivity index (χ0v) is 10.7. The molecule has 3 heteroatoms. The van der Waals surface area contributed by atoms with E-state index in [0.29, 0.717) is 24.3 Å². The summed E-state index contributed by atoms with van der Waals surface area (Å²) in [6.07, 6.45) is 6.90. The van der Waals surface area contributed by atoms with E-state index >= 15 is 0 Å². The van der Waals surface area contributed by atoms with Crippen molar-refractivity contribution >= 4 is 5.91 Å². The molecule has 0 aromatic rings. The lowest BCUT2D eigenvalue weighted by atomic mass is 9.93. The molecule has 0 aliphatic heterocycles. The predicted molar refractivity (Wildman–Crippen MR) is 67.3 cm³/mol. The van der Waals surface area contributed by atoms with Gasteiger partial charge in [-0.1, -0.05) is 26.0 Å². The van der Waals surface area contributed by atoms with Crippen LogP contribution in [0.4, 0.5) is 0 Å². The molecular weight excluding hydrogens is 214 g/mol. The summed E-state index contributed by atoms with van der Waals surface area (Å²) in [5.41, 5.74) is 0. The molecule has 3 nitrogen and oxygen atoms in total. The predicted octanol–water partition coefficient (Wildman–Crippen LogP) is 1.72. The highest BCUT2D eigenvalue weighted by molar-refractivity contribution is 5.80. The first-order valence-electron chi connectivity index (χ1n) is 6.70. The third-order valence-electron chi connectivity index (χ3n) is 3.87. The second-order valence-electron chi connectivity index (χ2n) is 5.92. The molecule has 0 aromatic carbocycles. The number of hydrogen-bond acceptors (Lipinski definition) is 2. The van der Waals surface area contributed by atoms with Crippen molar-refractivity contribution in [2.24, 2.45) is 23.7 Å². The summed E-state index contributed by atoms with van der Waals surface area (Å²) in [6, 6.07) is 0. The van der Waals surface area contributed by atoms with Crippen LogP contribution in [-0.2, 0) is 4.79 Å². The second kappa shape index (κ2) is 5.21. The van der Waals surface area contributed by atoms with Crippen molar-refractivity contribution < 1.29 is 9.90 Å². The summed E-state index contributed by atoms with van der Waals surface area (Å²) in [4.78, 5) is 12.0. The Bertz CT molecular complexity index is 311. The van der Waals surface area contributed by atoms with Gasteiger partial charge in [-0.15, -0.1) is 0 Å². The average molecular weight is 237 g/mol. The Balaban J connectivity index is 1.73. The van der Waals surface area contributed by atoms with Crippen molar-refractivity contribution in [3.8, 4) is 0 Å². The number of aliphatic hydroxyl groups excluding tert-OH is 1. The Morgan fingerprint density at radius 3 is 2.71 bits per heavy atom. The number of hydrogen-bond donors (Lipinski definition) is 2. The lowest BCUT2D eigenvalue weighted by Crippen LogP contribution is -2.38. The lowest BCUT2D eigenvalue weighted by Gasteiger charge is -2.19. The minimum Gasteiger partial charge on any atom is -0.391 e. The van der Waals surface area contributed by atoms with Crippen LogP contribution in [0.2, 0.25) is 0 Å². The van der Waals surface area contributed by atoms with Gasteiger partial charge in [-0.25, -0.2) is 0 Å². The number of nitrogens with one attached hydrogen (secondary N) is 1. The first-order valence-corrected chi connectivity index (χ1v) is 6.70. The van der Waals surface area contributed by atoms with Gasteiger partial charge in [0.1, 0.15) is 0 Å². The second-order valence-corrected chi connectivity index (χ2v) is 5.92. The molecule has 0 aromatic heterocycles. The van der Waals surface area contributed by atoms with Crippen molar-refractivity contribution in [3.05, 3.63) is 12.2 Å². The summed E-state index contributed by atoms with van der Waals surface area (Å²) in [6.45, 7) is 4.55. The lowest BCUT2D eigenvalue weighted by molar-refractivity contribution is -0.126. The molecule has 0 heterocycles. The fourth-order valence-corrected chi connectivity index (χ4v) is 3.06. The maximum atomic E-state index is 12.0. The van der Waals surface area contributed by atoms with Crippen LogP contribution >= 0.6 is 0 Å². The molecule has 2 aliphatic rings. The van der Waals surface area contributed by atoms with E-state index in [2.05, 4.69) is 31.3 Å². The van der Waals surface area contributed by atoms with E-state index in [4.69, 9.17) is 0 Å². The largest absolute Gasteiger partial charge is 0.391 e. The minimum absolute atomic E-state index is 0.129. The van der Waals surface area contributed by atoms with Crippen molar-refractivity contribution in [3.63, 3.8) is 0 Å². The van der Waals surface area contributed by atoms with Crippen LogP contribution < -0.4 is 5.32 Å². The SMILES string of the molecule is CC(C)CC(O)CNC(=O)C1CC2C=CC1C2. The van der Waals surface area contributed by atoms with E-state index in [1.54, 1.807) is 0 Å². The third kappa shape index (κ3) is 3.09. The van der Waals surface area contributed by atoms with Gasteiger partial charge in [-0.2, -0.15) is 0 Å². The van der Waals surface area contributed by atoms with Crippen molar-refractivity contribution in [2.75, 3.05) is 6.54 Å². The van der Waals surface area contributed by atoms with Gasteiger partial charge in [-0.3, -0.25) is 4.79 Å². The Labute approximate surface area is 103 Å². The van der Waals surface area contributed by atoms with Crippen molar-refractivity contribution in [2.45, 2.75) is 39.2 Å². The highest BCUT2D eigenvalue weighted by Gasteiger charge is 2.39. The van der Waals surface area contributed by atoms with Crippen molar-refractivity contribution in [1.82, 2.24) is 5.32 Å². The number of rotatable bonds is 5. The van der Waals surface area contributed by atoms with Crippen LogP contribution in [0.1, 0.15) is 33.1 Å². The van der Waals surface area contributed by atoms with Crippen LogP contribution in [-0.4, -0.2) is 23.7 Å². The zero-order chi connectivity index (χ0) is 12.4. The van der Waals surface area contributed by atoms with Gasteiger partial charge in [0.2, 0.25) is 5.91 Å². The van der Waals surface area contributed by atoms with E-state index in [0.717, 1.165) is 19.3 Å². The molecule has 1 amide bonds. The molecule has 96 valence electrons. The topological polar surface area (TPSA) is 49.3 Å². The van der Waals surface area contributed by atoms with Crippen LogP contribution in [0.25, 0.3) is 0 Å². The van der Waals surface area contributed by atoms with Gasteiger partial charge in [0.25, 0.3) is 0 Å². The Kier molecular flexibility index (Phi) is 3.87. The van der Waals surface area contributed by atoms with Crippen molar-refractivity contribution in [1.29, 1.82) is 0 Å². The van der Waals surface area contributed by atoms with Crippen LogP contribution in [0.5, 0.6) is 0 Å². The first kappa shape index (κ1) is 12.6. The van der Waals surface area contributed by atoms with Gasteiger partial charge in [0.15, 0.2) is 0 Å². The van der Waals surface area contributed by atoms with Gasteiger partial charge in [-0.05, 0) is 37.0 Å². The highest BCUT2D eigenvalue weighted by atomic mass is 16.3. The van der Waals surface area contributed by atoms with Crippen LogP contribution in [0, 0.1) is 23.7 Å². The van der Waals surface area contributed by atoms with E-state index in [1.165, 1.54) is 0 Å². The molecular formula is C14H23NO2. The fourth-order valence-electron chi connectivity index (χ4n) is 3.06. The molecule has 4 unspecified atom stereocenters. The van der Waals surface area contributed by atoms with Gasteiger partial charge >= 0.3 is 0 Å². The molecule has 1 fully saturated rings. The number of fused-ring (bicyclic) bond motifs is 2. The summed E-state index contributed by atoms with van der Waals surface area (Å²) < 4.78 is 0. The normalized spacial score (nSPS) is 32.1. The monoisotopic (exact) mass is 237 g/mol. The number of carbonyl (C=O) groups is 1. The molecule has 2 bridgehead atoms. The number of aliphatic hydroxyl groups is 1.